The maximum Gasteiger partial charge on any atom is 0.241 e. The average Bonchev–Trinajstić information content (AvgIpc) is 2.78. The zero-order valence-corrected chi connectivity index (χ0v) is 9.63. The molecule has 0 bridgehead atoms. The summed E-state index contributed by atoms with van der Waals surface area (Å²) < 4.78 is 0. The van der Waals surface area contributed by atoms with Crippen molar-refractivity contribution in [2.75, 3.05) is 11.2 Å². The molecule has 0 aromatic carbocycles. The van der Waals surface area contributed by atoms with Gasteiger partial charge in [-0.25, -0.2) is 0 Å². The first-order valence-electron chi connectivity index (χ1n) is 4.39. The summed E-state index contributed by atoms with van der Waals surface area (Å²) in [6.45, 7) is 0. The molecular weight excluding hydrogens is 248 g/mol. The van der Waals surface area contributed by atoms with Crippen LogP contribution in [0.5, 0.6) is 0 Å². The molecule has 5 nitrogen and oxygen atoms in total. The number of amides is 1. The fraction of sp³-hybridized carbons (Fsp3) is 0.111. The topological polar surface area (TPSA) is 67.8 Å². The molecule has 2 aromatic rings. The van der Waals surface area contributed by atoms with Gasteiger partial charge in [-0.05, 0) is 12.1 Å². The highest BCUT2D eigenvalue weighted by molar-refractivity contribution is 7.18. The molecule has 0 radical (unpaired) electrons. The van der Waals surface area contributed by atoms with Crippen molar-refractivity contribution in [3.63, 3.8) is 0 Å². The van der Waals surface area contributed by atoms with Crippen LogP contribution in [0.25, 0.3) is 10.6 Å². The first-order valence-corrected chi connectivity index (χ1v) is 5.74. The van der Waals surface area contributed by atoms with E-state index < -0.39 is 0 Å². The zero-order valence-electron chi connectivity index (χ0n) is 8.05. The second-order valence-corrected chi connectivity index (χ2v) is 4.07. The summed E-state index contributed by atoms with van der Waals surface area (Å²) in [5.41, 5.74) is 0.916. The van der Waals surface area contributed by atoms with E-state index in [1.165, 1.54) is 11.3 Å². The molecule has 0 fully saturated rings. The van der Waals surface area contributed by atoms with Crippen LogP contribution in [0.4, 0.5) is 5.13 Å². The zero-order chi connectivity index (χ0) is 11.4. The van der Waals surface area contributed by atoms with E-state index in [0.29, 0.717) is 5.13 Å². The van der Waals surface area contributed by atoms with Gasteiger partial charge in [0.25, 0.3) is 0 Å². The number of anilines is 1. The van der Waals surface area contributed by atoms with E-state index in [2.05, 4.69) is 20.5 Å². The molecule has 1 N–H and O–H groups in total. The van der Waals surface area contributed by atoms with Crippen LogP contribution in [0.1, 0.15) is 0 Å². The van der Waals surface area contributed by atoms with Gasteiger partial charge in [-0.15, -0.1) is 21.8 Å². The fourth-order valence-corrected chi connectivity index (χ4v) is 1.87. The number of hydrogen-bond acceptors (Lipinski definition) is 5. The Morgan fingerprint density at radius 3 is 2.81 bits per heavy atom. The van der Waals surface area contributed by atoms with Crippen molar-refractivity contribution in [3.8, 4) is 10.6 Å². The number of aromatic nitrogens is 3. The van der Waals surface area contributed by atoms with Crippen molar-refractivity contribution in [2.24, 2.45) is 0 Å². The molecule has 0 saturated heterocycles. The number of alkyl halides is 1. The van der Waals surface area contributed by atoms with Gasteiger partial charge in [0.1, 0.15) is 10.9 Å². The Balaban J connectivity index is 2.17. The van der Waals surface area contributed by atoms with Crippen molar-refractivity contribution >= 4 is 34.0 Å². The first kappa shape index (κ1) is 11.0. The predicted molar refractivity (Wildman–Crippen MR) is 62.5 cm³/mol. The summed E-state index contributed by atoms with van der Waals surface area (Å²) >= 11 is 6.65. The van der Waals surface area contributed by atoms with Gasteiger partial charge in [-0.3, -0.25) is 15.1 Å². The standard InChI is InChI=1S/C9H7ClN4OS/c10-5-7(15)12-9-14-13-8(16-9)6-1-3-11-4-2-6/h1-4H,5H2,(H,12,14,15). The van der Waals surface area contributed by atoms with Gasteiger partial charge < -0.3 is 0 Å². The summed E-state index contributed by atoms with van der Waals surface area (Å²) in [4.78, 5) is 14.9. The molecule has 7 heteroatoms. The molecule has 0 aliphatic heterocycles. The van der Waals surface area contributed by atoms with Crippen molar-refractivity contribution < 1.29 is 4.79 Å². The maximum atomic E-state index is 11.0. The van der Waals surface area contributed by atoms with E-state index in [4.69, 9.17) is 11.6 Å². The van der Waals surface area contributed by atoms with Gasteiger partial charge in [-0.1, -0.05) is 11.3 Å². The minimum Gasteiger partial charge on any atom is -0.299 e. The Morgan fingerprint density at radius 2 is 2.12 bits per heavy atom. The lowest BCUT2D eigenvalue weighted by atomic mass is 10.3. The van der Waals surface area contributed by atoms with E-state index in [9.17, 15) is 4.79 Å². The molecule has 0 saturated carbocycles. The number of hydrogen-bond donors (Lipinski definition) is 1. The summed E-state index contributed by atoms with van der Waals surface area (Å²) in [5.74, 6) is -0.386. The molecule has 2 rings (SSSR count). The number of rotatable bonds is 3. The number of pyridine rings is 1. The monoisotopic (exact) mass is 254 g/mol. The van der Waals surface area contributed by atoms with Crippen LogP contribution in [-0.4, -0.2) is 27.0 Å². The molecule has 2 heterocycles. The van der Waals surface area contributed by atoms with Crippen LogP contribution < -0.4 is 5.32 Å². The summed E-state index contributed by atoms with van der Waals surface area (Å²) in [7, 11) is 0. The fourth-order valence-electron chi connectivity index (χ4n) is 1.04. The van der Waals surface area contributed by atoms with Crippen LogP contribution in [0.15, 0.2) is 24.5 Å². The predicted octanol–water partition coefficient (Wildman–Crippen LogP) is 1.78. The SMILES string of the molecule is O=C(CCl)Nc1nnc(-c2ccncc2)s1. The third-order valence-corrected chi connectivity index (χ3v) is 2.85. The Hall–Kier alpha value is -1.53. The van der Waals surface area contributed by atoms with Gasteiger partial charge in [0, 0.05) is 18.0 Å². The van der Waals surface area contributed by atoms with Crippen LogP contribution in [0.3, 0.4) is 0 Å². The third kappa shape index (κ3) is 2.53. The highest BCUT2D eigenvalue weighted by Gasteiger charge is 2.08. The minimum absolute atomic E-state index is 0.0931. The molecular formula is C9H7ClN4OS. The van der Waals surface area contributed by atoms with E-state index in [0.717, 1.165) is 10.6 Å². The third-order valence-electron chi connectivity index (χ3n) is 1.72. The van der Waals surface area contributed by atoms with E-state index in [-0.39, 0.29) is 11.8 Å². The number of carbonyl (C=O) groups excluding carboxylic acids is 1. The van der Waals surface area contributed by atoms with Gasteiger partial charge in [0.05, 0.1) is 0 Å². The molecule has 82 valence electrons. The normalized spacial score (nSPS) is 10.1. The molecule has 0 aliphatic carbocycles. The molecule has 16 heavy (non-hydrogen) atoms. The van der Waals surface area contributed by atoms with Crippen molar-refractivity contribution in [2.45, 2.75) is 0 Å². The van der Waals surface area contributed by atoms with Gasteiger partial charge in [-0.2, -0.15) is 0 Å². The van der Waals surface area contributed by atoms with Crippen LogP contribution in [0.2, 0.25) is 0 Å². The van der Waals surface area contributed by atoms with Gasteiger partial charge in [0.2, 0.25) is 11.0 Å². The number of nitrogens with zero attached hydrogens (tertiary/aromatic N) is 3. The minimum atomic E-state index is -0.293. The first-order chi connectivity index (χ1) is 7.79. The van der Waals surface area contributed by atoms with Gasteiger partial charge in [0.15, 0.2) is 0 Å². The van der Waals surface area contributed by atoms with Crippen LogP contribution in [-0.2, 0) is 4.79 Å². The maximum absolute atomic E-state index is 11.0. The van der Waals surface area contributed by atoms with Gasteiger partial charge >= 0.3 is 0 Å². The van der Waals surface area contributed by atoms with E-state index in [1.54, 1.807) is 12.4 Å². The summed E-state index contributed by atoms with van der Waals surface area (Å²) in [6.07, 6.45) is 3.35. The van der Waals surface area contributed by atoms with Crippen molar-refractivity contribution in [1.29, 1.82) is 0 Å². The molecule has 0 aliphatic rings. The van der Waals surface area contributed by atoms with Crippen LogP contribution >= 0.6 is 22.9 Å². The second-order valence-electron chi connectivity index (χ2n) is 2.83. The number of halogens is 1. The quantitative estimate of drug-likeness (QED) is 0.848. The molecule has 0 atom stereocenters. The Morgan fingerprint density at radius 1 is 1.38 bits per heavy atom. The largest absolute Gasteiger partial charge is 0.299 e. The van der Waals surface area contributed by atoms with Crippen molar-refractivity contribution in [3.05, 3.63) is 24.5 Å². The highest BCUT2D eigenvalue weighted by atomic mass is 35.5. The molecule has 2 aromatic heterocycles. The molecule has 0 unspecified atom stereocenters. The Labute approximate surface area is 101 Å². The lowest BCUT2D eigenvalue weighted by Gasteiger charge is -1.94. The van der Waals surface area contributed by atoms with Crippen LogP contribution in [0, 0.1) is 0 Å². The van der Waals surface area contributed by atoms with E-state index >= 15 is 0 Å². The summed E-state index contributed by atoms with van der Waals surface area (Å²) in [6, 6.07) is 3.65. The Bertz CT molecular complexity index is 487. The molecule has 1 amide bonds. The Kier molecular flexibility index (Phi) is 3.43. The average molecular weight is 255 g/mol. The lowest BCUT2D eigenvalue weighted by Crippen LogP contribution is -2.12. The van der Waals surface area contributed by atoms with Crippen molar-refractivity contribution in [1.82, 2.24) is 15.2 Å². The smallest absolute Gasteiger partial charge is 0.241 e. The summed E-state index contributed by atoms with van der Waals surface area (Å²) in [5, 5.41) is 11.5. The highest BCUT2D eigenvalue weighted by Crippen LogP contribution is 2.25. The molecule has 0 spiro atoms. The number of carbonyl (C=O) groups is 1. The lowest BCUT2D eigenvalue weighted by molar-refractivity contribution is -0.113. The second kappa shape index (κ2) is 5.00. The number of nitrogens with one attached hydrogen (secondary N) is 1. The van der Waals surface area contributed by atoms with E-state index in [1.807, 2.05) is 12.1 Å².